The molecule has 0 heterocycles. The third kappa shape index (κ3) is 5.68. The molecule has 0 aromatic rings. The molecular weight excluding hydrogens is 118 g/mol. The van der Waals surface area contributed by atoms with Gasteiger partial charge in [0.1, 0.15) is 6.61 Å². The molecule has 0 aliphatic rings. The normalized spacial score (nSPS) is 12.6. The summed E-state index contributed by atoms with van der Waals surface area (Å²) in [6, 6.07) is 0. The fourth-order valence-corrected chi connectivity index (χ4v) is 0.295. The van der Waals surface area contributed by atoms with Crippen LogP contribution in [0.25, 0.3) is 0 Å². The van der Waals surface area contributed by atoms with Crippen LogP contribution in [0.15, 0.2) is 0 Å². The molecule has 0 spiro atoms. The molecule has 0 saturated carbocycles. The molecule has 0 amide bonds. The molecule has 4 heteroatoms. The Labute approximate surface area is 41.7 Å². The molecule has 0 rings (SSSR count). The summed E-state index contributed by atoms with van der Waals surface area (Å²) in [7, 11) is -3.29. The first-order valence-corrected chi connectivity index (χ1v) is 2.72. The van der Waals surface area contributed by atoms with Crippen molar-refractivity contribution < 1.29 is 13.3 Å². The highest BCUT2D eigenvalue weighted by molar-refractivity contribution is 7.32. The summed E-state index contributed by atoms with van der Waals surface area (Å²) in [6.07, 6.45) is 4.61. The molecule has 0 N–H and O–H groups in total. The Morgan fingerprint density at radius 1 is 2.00 bits per heavy atom. The van der Waals surface area contributed by atoms with E-state index < -0.39 is 8.34 Å². The van der Waals surface area contributed by atoms with Gasteiger partial charge in [0.05, 0.1) is 0 Å². The van der Waals surface area contributed by atoms with Crippen molar-refractivity contribution in [3.05, 3.63) is 0 Å². The number of hydrogen-bond donors (Lipinski definition) is 0. The summed E-state index contributed by atoms with van der Waals surface area (Å²) < 4.78 is 24.4. The molecule has 0 aromatic heterocycles. The smallest absolute Gasteiger partial charge is 0.295 e. The zero-order chi connectivity index (χ0) is 5.70. The maximum absolute atomic E-state index is 11.1. The van der Waals surface area contributed by atoms with E-state index in [1.54, 1.807) is 0 Å². The summed E-state index contributed by atoms with van der Waals surface area (Å²) >= 11 is 0. The van der Waals surface area contributed by atoms with Crippen molar-refractivity contribution in [1.29, 1.82) is 0 Å². The number of terminal acetylenes is 1. The molecule has 1 unspecified atom stereocenters. The minimum absolute atomic E-state index is 0.214. The van der Waals surface area contributed by atoms with E-state index in [0.717, 1.165) is 0 Å². The molecule has 0 fully saturated rings. The first-order valence-electron chi connectivity index (χ1n) is 1.53. The van der Waals surface area contributed by atoms with E-state index in [0.29, 0.717) is 0 Å². The highest BCUT2D eigenvalue weighted by atomic mass is 31.2. The van der Waals surface area contributed by atoms with Crippen molar-refractivity contribution in [1.82, 2.24) is 0 Å². The Morgan fingerprint density at radius 3 is 2.71 bits per heavy atom. The Kier molecular flexibility index (Phi) is 3.68. The largest absolute Gasteiger partial charge is 0.357 e. The maximum atomic E-state index is 11.1. The zero-order valence-corrected chi connectivity index (χ0v) is 4.48. The quantitative estimate of drug-likeness (QED) is 0.403. The third-order valence-corrected chi connectivity index (χ3v) is 0.640. The Morgan fingerprint density at radius 2 is 2.57 bits per heavy atom. The van der Waals surface area contributed by atoms with Crippen LogP contribution in [0.1, 0.15) is 0 Å². The lowest BCUT2D eigenvalue weighted by Gasteiger charge is -1.84. The van der Waals surface area contributed by atoms with Gasteiger partial charge in [0.25, 0.3) is 0 Å². The van der Waals surface area contributed by atoms with Gasteiger partial charge < -0.3 is 0 Å². The maximum Gasteiger partial charge on any atom is 0.357 e. The first kappa shape index (κ1) is 6.68. The van der Waals surface area contributed by atoms with Crippen LogP contribution in [-0.2, 0) is 9.09 Å². The lowest BCUT2D eigenvalue weighted by atomic mass is 10.8. The van der Waals surface area contributed by atoms with Crippen molar-refractivity contribution in [3.8, 4) is 12.3 Å². The molecule has 0 aliphatic heterocycles. The van der Waals surface area contributed by atoms with Crippen LogP contribution in [0.2, 0.25) is 0 Å². The Bertz CT molecular complexity index is 106. The molecule has 0 aliphatic carbocycles. The van der Waals surface area contributed by atoms with Gasteiger partial charge in [-0.2, -0.15) is 4.20 Å². The minimum atomic E-state index is -3.29. The third-order valence-electron chi connectivity index (χ3n) is 0.269. The molecule has 0 saturated heterocycles. The second kappa shape index (κ2) is 3.86. The monoisotopic (exact) mass is 122 g/mol. The van der Waals surface area contributed by atoms with Crippen molar-refractivity contribution in [2.45, 2.75) is 0 Å². The molecule has 7 heavy (non-hydrogen) atoms. The van der Waals surface area contributed by atoms with Crippen molar-refractivity contribution in [2.75, 3.05) is 6.61 Å². The minimum Gasteiger partial charge on any atom is -0.295 e. The molecular formula is C3H4FO2P. The van der Waals surface area contributed by atoms with E-state index in [1.165, 1.54) is 0 Å². The highest BCUT2D eigenvalue weighted by Gasteiger charge is 1.86. The standard InChI is InChI=1S/C3H4FO2P/c1-2-3-6-7(4)5/h1,7H,3H2. The van der Waals surface area contributed by atoms with Crippen LogP contribution in [0, 0.1) is 12.3 Å². The number of hydrogen-bond acceptors (Lipinski definition) is 2. The van der Waals surface area contributed by atoms with E-state index in [-0.39, 0.29) is 6.61 Å². The van der Waals surface area contributed by atoms with Gasteiger partial charge in [-0.15, -0.1) is 6.42 Å². The molecule has 40 valence electrons. The highest BCUT2D eigenvalue weighted by Crippen LogP contribution is 2.21. The average Bonchev–Trinajstić information content (AvgIpc) is 1.61. The SMILES string of the molecule is C#CCO[PH](=O)F. The van der Waals surface area contributed by atoms with Crippen LogP contribution >= 0.6 is 8.34 Å². The fourth-order valence-electron chi connectivity index (χ4n) is 0.0984. The number of rotatable bonds is 2. The van der Waals surface area contributed by atoms with Gasteiger partial charge in [0, 0.05) is 0 Å². The van der Waals surface area contributed by atoms with Gasteiger partial charge in [-0.1, -0.05) is 5.92 Å². The summed E-state index contributed by atoms with van der Waals surface area (Å²) in [6.45, 7) is -0.214. The summed E-state index contributed by atoms with van der Waals surface area (Å²) in [4.78, 5) is 0. The van der Waals surface area contributed by atoms with Gasteiger partial charge in [0.2, 0.25) is 0 Å². The summed E-state index contributed by atoms with van der Waals surface area (Å²) in [5.74, 6) is 1.96. The molecule has 0 bridgehead atoms. The van der Waals surface area contributed by atoms with Crippen LogP contribution < -0.4 is 0 Å². The van der Waals surface area contributed by atoms with Crippen LogP contribution in [0.3, 0.4) is 0 Å². The predicted octanol–water partition coefficient (Wildman–Crippen LogP) is 0.995. The van der Waals surface area contributed by atoms with Gasteiger partial charge in [-0.05, 0) is 0 Å². The van der Waals surface area contributed by atoms with E-state index >= 15 is 0 Å². The van der Waals surface area contributed by atoms with Gasteiger partial charge in [0.15, 0.2) is 0 Å². The van der Waals surface area contributed by atoms with Crippen molar-refractivity contribution >= 4 is 8.34 Å². The van der Waals surface area contributed by atoms with Crippen LogP contribution in [0.4, 0.5) is 4.20 Å². The van der Waals surface area contributed by atoms with E-state index in [9.17, 15) is 8.76 Å². The lowest BCUT2D eigenvalue weighted by molar-refractivity contribution is 0.349. The van der Waals surface area contributed by atoms with E-state index in [1.807, 2.05) is 5.92 Å². The second-order valence-corrected chi connectivity index (χ2v) is 1.49. The fraction of sp³-hybridized carbons (Fsp3) is 0.333. The van der Waals surface area contributed by atoms with E-state index in [2.05, 4.69) is 10.9 Å². The number of halogens is 1. The van der Waals surface area contributed by atoms with Gasteiger partial charge >= 0.3 is 8.34 Å². The van der Waals surface area contributed by atoms with Gasteiger partial charge in [-0.25, -0.2) is 0 Å². The van der Waals surface area contributed by atoms with Crippen LogP contribution in [0.5, 0.6) is 0 Å². The van der Waals surface area contributed by atoms with E-state index in [4.69, 9.17) is 0 Å². The summed E-state index contributed by atoms with van der Waals surface area (Å²) in [5.41, 5.74) is 0. The van der Waals surface area contributed by atoms with Crippen molar-refractivity contribution in [3.63, 3.8) is 0 Å². The molecule has 2 nitrogen and oxygen atoms in total. The second-order valence-electron chi connectivity index (χ2n) is 0.730. The van der Waals surface area contributed by atoms with Gasteiger partial charge in [-0.3, -0.25) is 9.09 Å². The zero-order valence-electron chi connectivity index (χ0n) is 3.48. The average molecular weight is 122 g/mol. The molecule has 1 atom stereocenters. The molecule has 0 aromatic carbocycles. The Balaban J connectivity index is 3.02. The lowest BCUT2D eigenvalue weighted by Crippen LogP contribution is -1.74. The summed E-state index contributed by atoms with van der Waals surface area (Å²) in [5, 5.41) is 0. The first-order chi connectivity index (χ1) is 3.27. The Hall–Kier alpha value is -0.320. The molecule has 0 radical (unpaired) electrons. The predicted molar refractivity (Wildman–Crippen MR) is 24.9 cm³/mol. The van der Waals surface area contributed by atoms with Crippen LogP contribution in [-0.4, -0.2) is 6.61 Å². The topological polar surface area (TPSA) is 26.3 Å². The van der Waals surface area contributed by atoms with Crippen molar-refractivity contribution in [2.24, 2.45) is 0 Å².